The van der Waals surface area contributed by atoms with E-state index in [0.717, 1.165) is 22.4 Å². The molecule has 0 bridgehead atoms. The van der Waals surface area contributed by atoms with Crippen molar-refractivity contribution in [3.63, 3.8) is 0 Å². The van der Waals surface area contributed by atoms with E-state index in [-0.39, 0.29) is 17.4 Å². The third kappa shape index (κ3) is 4.63. The first-order chi connectivity index (χ1) is 14.1. The number of benzene rings is 1. The molecule has 0 aliphatic carbocycles. The summed E-state index contributed by atoms with van der Waals surface area (Å²) in [5.74, 6) is 1.90. The average Bonchev–Trinajstić information content (AvgIpc) is 2.67. The Morgan fingerprint density at radius 3 is 2.83 bits per heavy atom. The first-order valence-corrected chi connectivity index (χ1v) is 10.4. The highest BCUT2D eigenvalue weighted by Gasteiger charge is 2.27. The molecule has 2 heterocycles. The quantitative estimate of drug-likeness (QED) is 0.641. The molecule has 0 spiro atoms. The van der Waals surface area contributed by atoms with Crippen molar-refractivity contribution in [3.8, 4) is 22.6 Å². The molecular formula is C22H28ClN3O4. The van der Waals surface area contributed by atoms with Gasteiger partial charge in [-0.3, -0.25) is 4.90 Å². The van der Waals surface area contributed by atoms with Crippen molar-refractivity contribution in [2.24, 2.45) is 11.7 Å². The zero-order valence-corrected chi connectivity index (χ0v) is 18.5. The van der Waals surface area contributed by atoms with Crippen molar-refractivity contribution in [3.05, 3.63) is 35.0 Å². The Kier molecular flexibility index (Phi) is 6.43. The minimum absolute atomic E-state index is 0.190. The SMILES string of the molecule is CCN(C(=O)O)c1ncc2c(c1Cl)-c1ccc(OC[C@@](C)(N)CC(C)C)cc1CO2. The number of pyridine rings is 1. The molecule has 0 fully saturated rings. The molecule has 1 aliphatic heterocycles. The van der Waals surface area contributed by atoms with Crippen LogP contribution in [0.1, 0.15) is 39.7 Å². The Balaban J connectivity index is 1.90. The Morgan fingerprint density at radius 1 is 1.47 bits per heavy atom. The van der Waals surface area contributed by atoms with Crippen LogP contribution in [0, 0.1) is 5.92 Å². The van der Waals surface area contributed by atoms with E-state index in [0.29, 0.717) is 36.2 Å². The molecular weight excluding hydrogens is 406 g/mol. The van der Waals surface area contributed by atoms with Crippen molar-refractivity contribution in [1.29, 1.82) is 0 Å². The molecule has 7 nitrogen and oxygen atoms in total. The third-order valence-electron chi connectivity index (χ3n) is 4.94. The highest BCUT2D eigenvalue weighted by Crippen LogP contribution is 2.45. The van der Waals surface area contributed by atoms with Crippen LogP contribution < -0.4 is 20.1 Å². The van der Waals surface area contributed by atoms with E-state index in [4.69, 9.17) is 26.8 Å². The van der Waals surface area contributed by atoms with Gasteiger partial charge < -0.3 is 20.3 Å². The molecule has 0 saturated heterocycles. The van der Waals surface area contributed by atoms with Crippen molar-refractivity contribution >= 4 is 23.5 Å². The smallest absolute Gasteiger partial charge is 0.413 e. The Bertz CT molecular complexity index is 946. The fraction of sp³-hybridized carbons (Fsp3) is 0.455. The summed E-state index contributed by atoms with van der Waals surface area (Å²) >= 11 is 6.59. The van der Waals surface area contributed by atoms with E-state index in [9.17, 15) is 9.90 Å². The van der Waals surface area contributed by atoms with Crippen molar-refractivity contribution in [1.82, 2.24) is 4.98 Å². The molecule has 8 heteroatoms. The van der Waals surface area contributed by atoms with Crippen molar-refractivity contribution in [2.45, 2.75) is 46.3 Å². The summed E-state index contributed by atoms with van der Waals surface area (Å²) in [7, 11) is 0. The second-order valence-corrected chi connectivity index (χ2v) is 8.69. The number of halogens is 1. The van der Waals surface area contributed by atoms with Crippen LogP contribution in [0.5, 0.6) is 11.5 Å². The van der Waals surface area contributed by atoms with Crippen LogP contribution in [-0.4, -0.2) is 34.9 Å². The van der Waals surface area contributed by atoms with Gasteiger partial charge in [0.05, 0.1) is 11.2 Å². The van der Waals surface area contributed by atoms with Crippen LogP contribution in [0.3, 0.4) is 0 Å². The van der Waals surface area contributed by atoms with Gasteiger partial charge in [0.1, 0.15) is 24.7 Å². The maximum absolute atomic E-state index is 11.5. The number of carboxylic acid groups (broad SMARTS) is 1. The lowest BCUT2D eigenvalue weighted by Crippen LogP contribution is -2.43. The molecule has 1 aliphatic rings. The first kappa shape index (κ1) is 22.2. The van der Waals surface area contributed by atoms with Gasteiger partial charge in [-0.25, -0.2) is 9.78 Å². The van der Waals surface area contributed by atoms with Gasteiger partial charge in [-0.2, -0.15) is 0 Å². The number of amides is 1. The maximum Gasteiger partial charge on any atom is 0.413 e. The van der Waals surface area contributed by atoms with E-state index >= 15 is 0 Å². The molecule has 1 atom stereocenters. The Hall–Kier alpha value is -2.51. The summed E-state index contributed by atoms with van der Waals surface area (Å²) in [4.78, 5) is 16.8. The summed E-state index contributed by atoms with van der Waals surface area (Å²) in [6, 6.07) is 5.69. The van der Waals surface area contributed by atoms with Crippen LogP contribution in [0.2, 0.25) is 5.02 Å². The van der Waals surface area contributed by atoms with Crippen LogP contribution in [0.25, 0.3) is 11.1 Å². The lowest BCUT2D eigenvalue weighted by molar-refractivity contribution is 0.202. The number of carbonyl (C=O) groups is 1. The van der Waals surface area contributed by atoms with Gasteiger partial charge in [-0.15, -0.1) is 0 Å². The molecule has 2 aromatic rings. The van der Waals surface area contributed by atoms with Gasteiger partial charge in [0.2, 0.25) is 0 Å². The van der Waals surface area contributed by atoms with Crippen LogP contribution >= 0.6 is 11.6 Å². The molecule has 1 amide bonds. The van der Waals surface area contributed by atoms with Gasteiger partial charge in [-0.1, -0.05) is 31.5 Å². The number of fused-ring (bicyclic) bond motifs is 3. The van der Waals surface area contributed by atoms with Gasteiger partial charge in [0, 0.05) is 23.2 Å². The highest BCUT2D eigenvalue weighted by atomic mass is 35.5. The Labute approximate surface area is 181 Å². The summed E-state index contributed by atoms with van der Waals surface area (Å²) < 4.78 is 11.8. The largest absolute Gasteiger partial charge is 0.492 e. The third-order valence-corrected chi connectivity index (χ3v) is 5.30. The molecule has 0 radical (unpaired) electrons. The number of hydrogen-bond donors (Lipinski definition) is 2. The number of hydrogen-bond acceptors (Lipinski definition) is 5. The van der Waals surface area contributed by atoms with Gasteiger partial charge in [0.15, 0.2) is 5.82 Å². The molecule has 3 rings (SSSR count). The summed E-state index contributed by atoms with van der Waals surface area (Å²) in [5, 5.41) is 9.68. The molecule has 0 saturated carbocycles. The topological polar surface area (TPSA) is 97.9 Å². The van der Waals surface area contributed by atoms with Crippen molar-refractivity contribution in [2.75, 3.05) is 18.1 Å². The van der Waals surface area contributed by atoms with E-state index < -0.39 is 11.6 Å². The van der Waals surface area contributed by atoms with E-state index in [2.05, 4.69) is 18.8 Å². The zero-order chi connectivity index (χ0) is 22.1. The lowest BCUT2D eigenvalue weighted by atomic mass is 9.93. The summed E-state index contributed by atoms with van der Waals surface area (Å²) in [6.45, 7) is 8.96. The average molecular weight is 434 g/mol. The summed E-state index contributed by atoms with van der Waals surface area (Å²) in [5.41, 5.74) is 8.33. The zero-order valence-electron chi connectivity index (χ0n) is 17.7. The fourth-order valence-corrected chi connectivity index (χ4v) is 4.15. The standard InChI is InChI=1S/C22H28ClN3O4/c1-5-26(21(27)28)20-19(23)18-16-7-6-15(30-12-22(4,24)9-13(2)3)8-14(16)11-29-17(18)10-25-20/h6-8,10,13H,5,9,11-12,24H2,1-4H3,(H,27,28)/t22-/m0/s1. The van der Waals surface area contributed by atoms with Crippen LogP contribution in [-0.2, 0) is 6.61 Å². The predicted octanol–water partition coefficient (Wildman–Crippen LogP) is 4.94. The predicted molar refractivity (Wildman–Crippen MR) is 118 cm³/mol. The number of nitrogens with zero attached hydrogens (tertiary/aromatic N) is 2. The molecule has 1 aromatic heterocycles. The molecule has 1 aromatic carbocycles. The molecule has 30 heavy (non-hydrogen) atoms. The molecule has 162 valence electrons. The summed E-state index contributed by atoms with van der Waals surface area (Å²) in [6.07, 6.45) is 1.26. The lowest BCUT2D eigenvalue weighted by Gasteiger charge is -2.28. The van der Waals surface area contributed by atoms with E-state index in [1.807, 2.05) is 25.1 Å². The number of anilines is 1. The first-order valence-electron chi connectivity index (χ1n) is 9.99. The minimum Gasteiger partial charge on any atom is -0.492 e. The number of ether oxygens (including phenoxy) is 2. The number of rotatable bonds is 7. The molecule has 3 N–H and O–H groups in total. The normalized spacial score (nSPS) is 14.4. The highest BCUT2D eigenvalue weighted by molar-refractivity contribution is 6.36. The van der Waals surface area contributed by atoms with Gasteiger partial charge >= 0.3 is 6.09 Å². The van der Waals surface area contributed by atoms with Crippen LogP contribution in [0.4, 0.5) is 10.6 Å². The van der Waals surface area contributed by atoms with E-state index in [1.165, 1.54) is 6.20 Å². The minimum atomic E-state index is -1.11. The Morgan fingerprint density at radius 2 is 2.20 bits per heavy atom. The van der Waals surface area contributed by atoms with Gasteiger partial charge in [0.25, 0.3) is 0 Å². The maximum atomic E-state index is 11.5. The van der Waals surface area contributed by atoms with Crippen LogP contribution in [0.15, 0.2) is 24.4 Å². The molecule has 0 unspecified atom stereocenters. The number of nitrogens with two attached hydrogens (primary N) is 1. The van der Waals surface area contributed by atoms with E-state index in [1.54, 1.807) is 6.92 Å². The monoisotopic (exact) mass is 433 g/mol. The fourth-order valence-electron chi connectivity index (χ4n) is 3.80. The second-order valence-electron chi connectivity index (χ2n) is 8.31. The van der Waals surface area contributed by atoms with Gasteiger partial charge in [-0.05, 0) is 43.9 Å². The van der Waals surface area contributed by atoms with Crippen molar-refractivity contribution < 1.29 is 19.4 Å². The number of aromatic nitrogens is 1. The second kappa shape index (κ2) is 8.70.